The third-order valence-corrected chi connectivity index (χ3v) is 2.36. The van der Waals surface area contributed by atoms with Gasteiger partial charge in [-0.15, -0.1) is 0 Å². The molecule has 0 aromatic rings. The van der Waals surface area contributed by atoms with Crippen molar-refractivity contribution < 1.29 is 53.1 Å². The van der Waals surface area contributed by atoms with Crippen LogP contribution in [-0.4, -0.2) is 61.3 Å². The van der Waals surface area contributed by atoms with Gasteiger partial charge in [0.25, 0.3) is 5.91 Å². The van der Waals surface area contributed by atoms with Crippen molar-refractivity contribution in [2.24, 2.45) is 0 Å². The van der Waals surface area contributed by atoms with E-state index in [0.717, 1.165) is 12.0 Å². The van der Waals surface area contributed by atoms with Gasteiger partial charge in [0.05, 0.1) is 0 Å². The summed E-state index contributed by atoms with van der Waals surface area (Å²) in [6.45, 7) is 0. The van der Waals surface area contributed by atoms with Crippen LogP contribution in [0.25, 0.3) is 0 Å². The van der Waals surface area contributed by atoms with Crippen LogP contribution in [0, 0.1) is 0 Å². The maximum atomic E-state index is 13.4. The molecule has 1 aliphatic rings. The molecule has 3 atom stereocenters. The molecule has 123 valence electrons. The van der Waals surface area contributed by atoms with Gasteiger partial charge < -0.3 is 19.5 Å². The molecule has 3 unspecified atom stereocenters. The molecule has 1 heterocycles. The summed E-state index contributed by atoms with van der Waals surface area (Å²) in [6.07, 6.45) is -2.43. The SMILES string of the molecule is CN(/C=C(/F)C(=O)NC=O)C1OC(C=O)CC1F.CO.[Ir]. The minimum atomic E-state index is -1.47. The summed E-state index contributed by atoms with van der Waals surface area (Å²) < 4.78 is 31.6. The Morgan fingerprint density at radius 2 is 2.00 bits per heavy atom. The molecule has 2 amide bonds. The molecule has 1 saturated heterocycles. The largest absolute Gasteiger partial charge is 0.400 e. The number of carbonyl (C=O) groups excluding carboxylic acids is 3. The number of aliphatic hydroxyl groups excluding tert-OH is 1. The summed E-state index contributed by atoms with van der Waals surface area (Å²) in [5, 5.41) is 8.59. The van der Waals surface area contributed by atoms with Crippen molar-refractivity contribution in [3.05, 3.63) is 12.0 Å². The fraction of sp³-hybridized carbons (Fsp3) is 0.545. The van der Waals surface area contributed by atoms with Gasteiger partial charge in [-0.25, -0.2) is 4.39 Å². The quantitative estimate of drug-likeness (QED) is 0.393. The van der Waals surface area contributed by atoms with Gasteiger partial charge in [0.2, 0.25) is 12.2 Å². The zero-order valence-corrected chi connectivity index (χ0v) is 13.7. The van der Waals surface area contributed by atoms with E-state index >= 15 is 0 Å². The number of rotatable bonds is 5. The number of nitrogens with one attached hydrogen (secondary N) is 1. The van der Waals surface area contributed by atoms with Gasteiger partial charge in [0.15, 0.2) is 6.23 Å². The van der Waals surface area contributed by atoms with Crippen LogP contribution in [0.2, 0.25) is 0 Å². The molecule has 0 aromatic carbocycles. The first kappa shape index (κ1) is 22.1. The predicted octanol–water partition coefficient (Wildman–Crippen LogP) is -0.740. The van der Waals surface area contributed by atoms with E-state index in [4.69, 9.17) is 9.84 Å². The number of aldehydes is 1. The Labute approximate surface area is 133 Å². The summed E-state index contributed by atoms with van der Waals surface area (Å²) >= 11 is 0. The second-order valence-corrected chi connectivity index (χ2v) is 3.69. The number of nitrogens with zero attached hydrogens (tertiary/aromatic N) is 1. The Bertz CT molecular complexity index is 384. The zero-order chi connectivity index (χ0) is 15.7. The van der Waals surface area contributed by atoms with Crippen LogP contribution in [0.1, 0.15) is 6.42 Å². The molecule has 0 saturated carbocycles. The van der Waals surface area contributed by atoms with Crippen molar-refractivity contribution in [1.29, 1.82) is 0 Å². The predicted molar refractivity (Wildman–Crippen MR) is 63.5 cm³/mol. The van der Waals surface area contributed by atoms with Crippen molar-refractivity contribution in [3.8, 4) is 0 Å². The first-order valence-electron chi connectivity index (χ1n) is 5.53. The molecule has 21 heavy (non-hydrogen) atoms. The van der Waals surface area contributed by atoms with Crippen molar-refractivity contribution in [2.75, 3.05) is 14.2 Å². The molecule has 1 radical (unpaired) electrons. The summed E-state index contributed by atoms with van der Waals surface area (Å²) in [4.78, 5) is 32.3. The Hall–Kier alpha value is -1.22. The first-order chi connectivity index (χ1) is 9.49. The maximum Gasteiger partial charge on any atom is 0.287 e. The van der Waals surface area contributed by atoms with Crippen molar-refractivity contribution in [2.45, 2.75) is 24.9 Å². The Morgan fingerprint density at radius 1 is 1.43 bits per heavy atom. The normalized spacial score (nSPS) is 24.0. The standard InChI is InChI=1S/C10H12F2N2O4.CH4O.Ir/c1-14(3-8(12)9(17)13-5-16)10-7(11)2-6(4-15)18-10;1-2;/h3-7,10H,2H2,1H3,(H,13,16,17);2H,1H3;/b8-3+;;. The van der Waals surface area contributed by atoms with Gasteiger partial charge in [0, 0.05) is 46.9 Å². The number of hydrogen-bond donors (Lipinski definition) is 2. The molecular formula is C11H16F2IrN2O5. The molecule has 1 fully saturated rings. The molecule has 0 bridgehead atoms. The number of aliphatic hydroxyl groups is 1. The van der Waals surface area contributed by atoms with Crippen LogP contribution in [-0.2, 0) is 39.2 Å². The summed E-state index contributed by atoms with van der Waals surface area (Å²) in [7, 11) is 2.29. The maximum absolute atomic E-state index is 13.4. The van der Waals surface area contributed by atoms with Crippen LogP contribution in [0.15, 0.2) is 12.0 Å². The van der Waals surface area contributed by atoms with E-state index in [1.807, 2.05) is 0 Å². The van der Waals surface area contributed by atoms with Crippen LogP contribution in [0.3, 0.4) is 0 Å². The Kier molecular flexibility index (Phi) is 12.0. The molecular weight excluding hydrogens is 470 g/mol. The van der Waals surface area contributed by atoms with E-state index in [1.54, 1.807) is 5.32 Å². The molecule has 2 N–H and O–H groups in total. The minimum absolute atomic E-state index is 0. The average Bonchev–Trinajstić information content (AvgIpc) is 2.82. The van der Waals surface area contributed by atoms with Crippen LogP contribution >= 0.6 is 0 Å². The first-order valence-corrected chi connectivity index (χ1v) is 5.53. The number of ether oxygens (including phenoxy) is 1. The number of halogens is 2. The van der Waals surface area contributed by atoms with Gasteiger partial charge in [0.1, 0.15) is 18.6 Å². The van der Waals surface area contributed by atoms with Crippen molar-refractivity contribution >= 4 is 18.6 Å². The Balaban J connectivity index is 0. The zero-order valence-electron chi connectivity index (χ0n) is 11.3. The third-order valence-electron chi connectivity index (χ3n) is 2.36. The molecule has 1 aliphatic heterocycles. The van der Waals surface area contributed by atoms with E-state index in [1.165, 1.54) is 7.05 Å². The van der Waals surface area contributed by atoms with E-state index in [9.17, 15) is 23.2 Å². The average molecular weight is 486 g/mol. The summed E-state index contributed by atoms with van der Waals surface area (Å²) in [6, 6.07) is 0. The molecule has 10 heteroatoms. The van der Waals surface area contributed by atoms with Gasteiger partial charge in [-0.2, -0.15) is 4.39 Å². The minimum Gasteiger partial charge on any atom is -0.400 e. The molecule has 0 aromatic heterocycles. The number of amides is 2. The van der Waals surface area contributed by atoms with Crippen LogP contribution in [0.5, 0.6) is 0 Å². The molecule has 7 nitrogen and oxygen atoms in total. The number of hydrogen-bond acceptors (Lipinski definition) is 6. The van der Waals surface area contributed by atoms with Gasteiger partial charge in [-0.3, -0.25) is 14.9 Å². The van der Waals surface area contributed by atoms with Crippen molar-refractivity contribution in [3.63, 3.8) is 0 Å². The second-order valence-electron chi connectivity index (χ2n) is 3.69. The summed E-state index contributed by atoms with van der Waals surface area (Å²) in [5.74, 6) is -2.51. The monoisotopic (exact) mass is 487 g/mol. The van der Waals surface area contributed by atoms with Crippen LogP contribution in [0.4, 0.5) is 8.78 Å². The molecule has 1 rings (SSSR count). The van der Waals surface area contributed by atoms with E-state index in [0.29, 0.717) is 12.5 Å². The topological polar surface area (TPSA) is 95.9 Å². The van der Waals surface area contributed by atoms with E-state index < -0.39 is 30.2 Å². The van der Waals surface area contributed by atoms with Crippen molar-refractivity contribution in [1.82, 2.24) is 10.2 Å². The number of alkyl halides is 1. The third kappa shape index (κ3) is 6.85. The Morgan fingerprint density at radius 3 is 2.43 bits per heavy atom. The molecule has 0 aliphatic carbocycles. The number of imide groups is 1. The van der Waals surface area contributed by atoms with Crippen LogP contribution < -0.4 is 5.32 Å². The number of carbonyl (C=O) groups is 3. The van der Waals surface area contributed by atoms with Gasteiger partial charge in [-0.05, 0) is 0 Å². The smallest absolute Gasteiger partial charge is 0.287 e. The second kappa shape index (κ2) is 11.4. The van der Waals surface area contributed by atoms with E-state index in [2.05, 4.69) is 0 Å². The van der Waals surface area contributed by atoms with Gasteiger partial charge >= 0.3 is 0 Å². The molecule has 0 spiro atoms. The summed E-state index contributed by atoms with van der Waals surface area (Å²) in [5.41, 5.74) is 0. The fourth-order valence-electron chi connectivity index (χ4n) is 1.53. The van der Waals surface area contributed by atoms with E-state index in [-0.39, 0.29) is 32.9 Å². The fourth-order valence-corrected chi connectivity index (χ4v) is 1.53. The van der Waals surface area contributed by atoms with Gasteiger partial charge in [-0.1, -0.05) is 0 Å².